The molecule has 6 heteroatoms. The van der Waals surface area contributed by atoms with Crippen molar-refractivity contribution in [2.45, 2.75) is 26.5 Å². The number of amides is 1. The minimum absolute atomic E-state index is 0.0134. The van der Waals surface area contributed by atoms with E-state index >= 15 is 0 Å². The van der Waals surface area contributed by atoms with Crippen LogP contribution in [0.5, 0.6) is 5.75 Å². The molecule has 0 fully saturated rings. The Hall–Kier alpha value is -2.50. The molecule has 2 aromatic rings. The van der Waals surface area contributed by atoms with Gasteiger partial charge in [-0.05, 0) is 47.9 Å². The van der Waals surface area contributed by atoms with Crippen LogP contribution in [0.15, 0.2) is 48.5 Å². The van der Waals surface area contributed by atoms with Crippen molar-refractivity contribution < 1.29 is 22.7 Å². The van der Waals surface area contributed by atoms with E-state index in [-0.39, 0.29) is 29.4 Å². The first kappa shape index (κ1) is 17.8. The fraction of sp³-hybridized carbons (Fsp3) is 0.278. The molecule has 128 valence electrons. The smallest absolute Gasteiger partial charge is 0.387 e. The van der Waals surface area contributed by atoms with Crippen LogP contribution in [0.1, 0.15) is 35.8 Å². The van der Waals surface area contributed by atoms with Crippen molar-refractivity contribution in [1.29, 1.82) is 0 Å². The lowest BCUT2D eigenvalue weighted by molar-refractivity contribution is -0.0498. The third-order valence-electron chi connectivity index (χ3n) is 3.52. The maximum atomic E-state index is 13.1. The fourth-order valence-corrected chi connectivity index (χ4v) is 2.32. The molecule has 0 aliphatic heterocycles. The predicted octanol–water partition coefficient (Wildman–Crippen LogP) is 4.55. The second-order valence-corrected chi connectivity index (χ2v) is 5.65. The molecule has 2 rings (SSSR count). The van der Waals surface area contributed by atoms with Gasteiger partial charge in [0.1, 0.15) is 11.6 Å². The molecule has 0 bridgehead atoms. The van der Waals surface area contributed by atoms with Gasteiger partial charge in [-0.25, -0.2) is 4.39 Å². The highest BCUT2D eigenvalue weighted by atomic mass is 19.3. The van der Waals surface area contributed by atoms with Gasteiger partial charge in [-0.1, -0.05) is 26.0 Å². The molecule has 0 heterocycles. The van der Waals surface area contributed by atoms with E-state index in [9.17, 15) is 18.0 Å². The van der Waals surface area contributed by atoms with Crippen LogP contribution in [0.25, 0.3) is 0 Å². The standard InChI is InChI=1S/C18H18F3NO2/c1-11(2)16(12-3-7-14(19)8-4-12)22-17(23)13-5-9-15(10-6-13)24-18(20)21/h3-11,16,18H,1-2H3,(H,22,23)/t16-/m1/s1. The number of carbonyl (C=O) groups excluding carboxylic acids is 1. The lowest BCUT2D eigenvalue weighted by atomic mass is 9.95. The van der Waals surface area contributed by atoms with Crippen LogP contribution >= 0.6 is 0 Å². The van der Waals surface area contributed by atoms with Crippen LogP contribution in [0, 0.1) is 11.7 Å². The first-order chi connectivity index (χ1) is 11.4. The summed E-state index contributed by atoms with van der Waals surface area (Å²) in [5, 5.41) is 2.88. The number of nitrogens with one attached hydrogen (secondary N) is 1. The monoisotopic (exact) mass is 337 g/mol. The van der Waals surface area contributed by atoms with Gasteiger partial charge >= 0.3 is 6.61 Å². The van der Waals surface area contributed by atoms with Crippen molar-refractivity contribution in [3.05, 3.63) is 65.5 Å². The van der Waals surface area contributed by atoms with Gasteiger partial charge in [0.05, 0.1) is 6.04 Å². The highest BCUT2D eigenvalue weighted by Crippen LogP contribution is 2.23. The molecule has 1 N–H and O–H groups in total. The molecule has 0 spiro atoms. The van der Waals surface area contributed by atoms with Crippen LogP contribution in [0.4, 0.5) is 13.2 Å². The van der Waals surface area contributed by atoms with Crippen molar-refractivity contribution >= 4 is 5.91 Å². The molecule has 0 radical (unpaired) electrons. The molecule has 0 aromatic heterocycles. The van der Waals surface area contributed by atoms with E-state index in [1.807, 2.05) is 13.8 Å². The number of hydrogen-bond acceptors (Lipinski definition) is 2. The Morgan fingerprint density at radius 2 is 1.58 bits per heavy atom. The van der Waals surface area contributed by atoms with Crippen LogP contribution < -0.4 is 10.1 Å². The molecule has 0 unspecified atom stereocenters. The third-order valence-corrected chi connectivity index (χ3v) is 3.52. The number of benzene rings is 2. The summed E-state index contributed by atoms with van der Waals surface area (Å²) in [6, 6.07) is 11.1. The summed E-state index contributed by atoms with van der Waals surface area (Å²) in [7, 11) is 0. The molecule has 0 saturated carbocycles. The number of alkyl halides is 2. The van der Waals surface area contributed by atoms with Gasteiger partial charge in [0.25, 0.3) is 5.91 Å². The van der Waals surface area contributed by atoms with Crippen molar-refractivity contribution in [3.63, 3.8) is 0 Å². The van der Waals surface area contributed by atoms with Gasteiger partial charge < -0.3 is 10.1 Å². The predicted molar refractivity (Wildman–Crippen MR) is 84.5 cm³/mol. The molecule has 1 atom stereocenters. The van der Waals surface area contributed by atoms with Gasteiger partial charge in [-0.2, -0.15) is 8.78 Å². The Bertz CT molecular complexity index is 670. The van der Waals surface area contributed by atoms with E-state index in [0.717, 1.165) is 5.56 Å². The fourth-order valence-electron chi connectivity index (χ4n) is 2.32. The van der Waals surface area contributed by atoms with Gasteiger partial charge in [-0.15, -0.1) is 0 Å². The Kier molecular flexibility index (Phi) is 5.84. The SMILES string of the molecule is CC(C)[C@@H](NC(=O)c1ccc(OC(F)F)cc1)c1ccc(F)cc1. The Morgan fingerprint density at radius 1 is 1.00 bits per heavy atom. The minimum Gasteiger partial charge on any atom is -0.435 e. The van der Waals surface area contributed by atoms with Crippen molar-refractivity contribution in [1.82, 2.24) is 5.32 Å². The normalized spacial score (nSPS) is 12.3. The number of rotatable bonds is 6. The molecule has 0 aliphatic carbocycles. The average Bonchev–Trinajstić information content (AvgIpc) is 2.53. The van der Waals surface area contributed by atoms with Gasteiger partial charge in [-0.3, -0.25) is 4.79 Å². The number of ether oxygens (including phenoxy) is 1. The summed E-state index contributed by atoms with van der Waals surface area (Å²) >= 11 is 0. The van der Waals surface area contributed by atoms with E-state index in [0.29, 0.717) is 5.56 Å². The Balaban J connectivity index is 2.11. The maximum Gasteiger partial charge on any atom is 0.387 e. The summed E-state index contributed by atoms with van der Waals surface area (Å²) in [5.74, 6) is -0.620. The Labute approximate surface area is 138 Å². The lowest BCUT2D eigenvalue weighted by Crippen LogP contribution is -2.31. The minimum atomic E-state index is -2.91. The topological polar surface area (TPSA) is 38.3 Å². The van der Waals surface area contributed by atoms with Crippen LogP contribution in [-0.4, -0.2) is 12.5 Å². The lowest BCUT2D eigenvalue weighted by Gasteiger charge is -2.23. The zero-order chi connectivity index (χ0) is 17.7. The second kappa shape index (κ2) is 7.86. The average molecular weight is 337 g/mol. The van der Waals surface area contributed by atoms with Crippen molar-refractivity contribution in [2.75, 3.05) is 0 Å². The van der Waals surface area contributed by atoms with E-state index < -0.39 is 6.61 Å². The van der Waals surface area contributed by atoms with E-state index in [1.54, 1.807) is 12.1 Å². The molecular weight excluding hydrogens is 319 g/mol. The molecule has 2 aromatic carbocycles. The summed E-state index contributed by atoms with van der Waals surface area (Å²) in [4.78, 5) is 12.4. The summed E-state index contributed by atoms with van der Waals surface area (Å²) in [6.45, 7) is 0.968. The number of carbonyl (C=O) groups is 1. The molecular formula is C18H18F3NO2. The number of halogens is 3. The van der Waals surface area contributed by atoms with E-state index in [2.05, 4.69) is 10.1 Å². The molecule has 0 saturated heterocycles. The summed E-state index contributed by atoms with van der Waals surface area (Å²) in [5.41, 5.74) is 1.11. The third kappa shape index (κ3) is 4.75. The largest absolute Gasteiger partial charge is 0.435 e. The quantitative estimate of drug-likeness (QED) is 0.839. The summed E-state index contributed by atoms with van der Waals surface area (Å²) in [6.07, 6.45) is 0. The van der Waals surface area contributed by atoms with Crippen molar-refractivity contribution in [3.8, 4) is 5.75 Å². The zero-order valence-corrected chi connectivity index (χ0v) is 13.3. The molecule has 1 amide bonds. The van der Waals surface area contributed by atoms with Gasteiger partial charge in [0.2, 0.25) is 0 Å². The van der Waals surface area contributed by atoms with E-state index in [1.165, 1.54) is 36.4 Å². The van der Waals surface area contributed by atoms with Gasteiger partial charge in [0.15, 0.2) is 0 Å². The highest BCUT2D eigenvalue weighted by molar-refractivity contribution is 5.94. The first-order valence-corrected chi connectivity index (χ1v) is 7.48. The summed E-state index contributed by atoms with van der Waals surface area (Å²) < 4.78 is 41.6. The zero-order valence-electron chi connectivity index (χ0n) is 13.3. The Morgan fingerprint density at radius 3 is 2.08 bits per heavy atom. The number of hydrogen-bond donors (Lipinski definition) is 1. The van der Waals surface area contributed by atoms with Crippen LogP contribution in [0.2, 0.25) is 0 Å². The molecule has 0 aliphatic rings. The van der Waals surface area contributed by atoms with Crippen molar-refractivity contribution in [2.24, 2.45) is 5.92 Å². The van der Waals surface area contributed by atoms with Gasteiger partial charge in [0, 0.05) is 5.56 Å². The molecule has 3 nitrogen and oxygen atoms in total. The maximum absolute atomic E-state index is 13.1. The first-order valence-electron chi connectivity index (χ1n) is 7.48. The van der Waals surface area contributed by atoms with Crippen LogP contribution in [-0.2, 0) is 0 Å². The van der Waals surface area contributed by atoms with Crippen LogP contribution in [0.3, 0.4) is 0 Å². The van der Waals surface area contributed by atoms with E-state index in [4.69, 9.17) is 0 Å². The second-order valence-electron chi connectivity index (χ2n) is 5.65. The highest BCUT2D eigenvalue weighted by Gasteiger charge is 2.19. The molecule has 24 heavy (non-hydrogen) atoms.